The summed E-state index contributed by atoms with van der Waals surface area (Å²) >= 11 is 0. The third-order valence-corrected chi connectivity index (χ3v) is 3.34. The minimum atomic E-state index is -4.17. The molecule has 0 unspecified atom stereocenters. The van der Waals surface area contributed by atoms with Gasteiger partial charge in [0, 0.05) is 19.3 Å². The van der Waals surface area contributed by atoms with Crippen LogP contribution in [0.5, 0.6) is 0 Å². The second-order valence-electron chi connectivity index (χ2n) is 5.26. The van der Waals surface area contributed by atoms with Crippen LogP contribution in [0, 0.1) is 12.8 Å². The molecule has 1 aromatic heterocycles. The fourth-order valence-corrected chi connectivity index (χ4v) is 2.31. The highest BCUT2D eigenvalue weighted by molar-refractivity contribution is 5.91. The summed E-state index contributed by atoms with van der Waals surface area (Å²) in [7, 11) is 0. The molecule has 0 aromatic carbocycles. The van der Waals surface area contributed by atoms with Gasteiger partial charge in [-0.2, -0.15) is 13.2 Å². The summed E-state index contributed by atoms with van der Waals surface area (Å²) in [5, 5.41) is 2.69. The minimum absolute atomic E-state index is 0.0368. The van der Waals surface area contributed by atoms with Crippen LogP contribution in [0.3, 0.4) is 0 Å². The molecule has 5 nitrogen and oxygen atoms in total. The van der Waals surface area contributed by atoms with Gasteiger partial charge < -0.3 is 5.32 Å². The maximum atomic E-state index is 12.3. The van der Waals surface area contributed by atoms with E-state index in [0.717, 1.165) is 0 Å². The Balaban J connectivity index is 1.76. The molecule has 0 saturated carbocycles. The van der Waals surface area contributed by atoms with E-state index in [2.05, 4.69) is 15.3 Å². The lowest BCUT2D eigenvalue weighted by atomic mass is 10.1. The number of aryl methyl sites for hydroxylation is 1. The van der Waals surface area contributed by atoms with Crippen molar-refractivity contribution >= 4 is 5.91 Å². The first-order chi connectivity index (χ1) is 9.83. The van der Waals surface area contributed by atoms with Gasteiger partial charge in [-0.05, 0) is 25.8 Å². The number of alkyl halides is 3. The van der Waals surface area contributed by atoms with Gasteiger partial charge in [0.15, 0.2) is 0 Å². The number of amides is 1. The van der Waals surface area contributed by atoms with Gasteiger partial charge in [0.25, 0.3) is 5.91 Å². The molecule has 1 aliphatic rings. The molecule has 0 spiro atoms. The number of rotatable bonds is 4. The Morgan fingerprint density at radius 1 is 1.43 bits per heavy atom. The lowest BCUT2D eigenvalue weighted by molar-refractivity contribution is -0.143. The number of carbonyl (C=O) groups excluding carboxylic acids is 1. The van der Waals surface area contributed by atoms with Crippen molar-refractivity contribution in [3.63, 3.8) is 0 Å². The standard InChI is InChI=1S/C13H17F3N4O/c1-9-4-18-11(6-17-9)12(21)19-5-10-2-3-20(7-10)8-13(14,15)16/h4,6,10H,2-3,5,7-8H2,1H3,(H,19,21)/t10-/m1/s1. The highest BCUT2D eigenvalue weighted by Gasteiger charge is 2.34. The molecule has 1 N–H and O–H groups in total. The second-order valence-corrected chi connectivity index (χ2v) is 5.26. The van der Waals surface area contributed by atoms with Crippen LogP contribution in [0.25, 0.3) is 0 Å². The van der Waals surface area contributed by atoms with Gasteiger partial charge in [-0.25, -0.2) is 4.98 Å². The van der Waals surface area contributed by atoms with Crippen molar-refractivity contribution in [2.24, 2.45) is 5.92 Å². The van der Waals surface area contributed by atoms with Crippen molar-refractivity contribution in [3.8, 4) is 0 Å². The Labute approximate surface area is 120 Å². The van der Waals surface area contributed by atoms with Crippen LogP contribution in [0.1, 0.15) is 22.6 Å². The molecule has 0 radical (unpaired) electrons. The quantitative estimate of drug-likeness (QED) is 0.913. The maximum Gasteiger partial charge on any atom is 0.401 e. The third kappa shape index (κ3) is 4.96. The molecule has 1 aliphatic heterocycles. The van der Waals surface area contributed by atoms with E-state index in [0.29, 0.717) is 31.7 Å². The van der Waals surface area contributed by atoms with Crippen molar-refractivity contribution in [2.45, 2.75) is 19.5 Å². The van der Waals surface area contributed by atoms with Crippen LogP contribution in [0.2, 0.25) is 0 Å². The molecule has 1 saturated heterocycles. The smallest absolute Gasteiger partial charge is 0.350 e. The van der Waals surface area contributed by atoms with E-state index in [9.17, 15) is 18.0 Å². The Morgan fingerprint density at radius 3 is 2.81 bits per heavy atom. The van der Waals surface area contributed by atoms with E-state index < -0.39 is 12.7 Å². The summed E-state index contributed by atoms with van der Waals surface area (Å²) in [4.78, 5) is 21.1. The lowest BCUT2D eigenvalue weighted by Crippen LogP contribution is -2.34. The highest BCUT2D eigenvalue weighted by atomic mass is 19.4. The fourth-order valence-electron chi connectivity index (χ4n) is 2.31. The average Bonchev–Trinajstić information content (AvgIpc) is 2.82. The first-order valence-corrected chi connectivity index (χ1v) is 6.69. The minimum Gasteiger partial charge on any atom is -0.350 e. The number of hydrogen-bond acceptors (Lipinski definition) is 4. The number of nitrogens with one attached hydrogen (secondary N) is 1. The normalized spacial score (nSPS) is 19.7. The summed E-state index contributed by atoms with van der Waals surface area (Å²) in [6.07, 6.45) is -0.642. The highest BCUT2D eigenvalue weighted by Crippen LogP contribution is 2.22. The number of hydrogen-bond donors (Lipinski definition) is 1. The number of carbonyl (C=O) groups is 1. The molecule has 1 atom stereocenters. The number of halogens is 3. The first kappa shape index (κ1) is 15.7. The Hall–Kier alpha value is -1.70. The SMILES string of the molecule is Cc1cnc(C(=O)NC[C@H]2CCN(CC(F)(F)F)C2)cn1. The Kier molecular flexibility index (Phi) is 4.76. The molecule has 1 amide bonds. The van der Waals surface area contributed by atoms with Crippen LogP contribution < -0.4 is 5.32 Å². The van der Waals surface area contributed by atoms with Crippen LogP contribution >= 0.6 is 0 Å². The second kappa shape index (κ2) is 6.38. The molecular weight excluding hydrogens is 285 g/mol. The summed E-state index contributed by atoms with van der Waals surface area (Å²) in [5.74, 6) is -0.313. The van der Waals surface area contributed by atoms with Gasteiger partial charge in [0.05, 0.1) is 18.4 Å². The zero-order chi connectivity index (χ0) is 15.5. The van der Waals surface area contributed by atoms with E-state index in [1.807, 2.05) is 0 Å². The number of nitrogens with zero attached hydrogens (tertiary/aromatic N) is 3. The molecule has 2 rings (SSSR count). The molecule has 8 heteroatoms. The molecule has 1 aromatic rings. The molecule has 2 heterocycles. The van der Waals surface area contributed by atoms with Gasteiger partial charge in [0.1, 0.15) is 5.69 Å². The molecule has 21 heavy (non-hydrogen) atoms. The fraction of sp³-hybridized carbons (Fsp3) is 0.615. The maximum absolute atomic E-state index is 12.3. The van der Waals surface area contributed by atoms with E-state index in [4.69, 9.17) is 0 Å². The van der Waals surface area contributed by atoms with Crippen LogP contribution in [-0.2, 0) is 0 Å². The third-order valence-electron chi connectivity index (χ3n) is 3.34. The van der Waals surface area contributed by atoms with Gasteiger partial charge in [-0.15, -0.1) is 0 Å². The largest absolute Gasteiger partial charge is 0.401 e. The van der Waals surface area contributed by atoms with Crippen molar-refractivity contribution < 1.29 is 18.0 Å². The molecule has 1 fully saturated rings. The number of aromatic nitrogens is 2. The summed E-state index contributed by atoms with van der Waals surface area (Å²) in [6, 6.07) is 0. The molecular formula is C13H17F3N4O. The Morgan fingerprint density at radius 2 is 2.19 bits per heavy atom. The van der Waals surface area contributed by atoms with Crippen LogP contribution in [-0.4, -0.2) is 53.1 Å². The molecule has 0 bridgehead atoms. The summed E-state index contributed by atoms with van der Waals surface area (Å²) in [5.41, 5.74) is 0.927. The van der Waals surface area contributed by atoms with Crippen molar-refractivity contribution in [3.05, 3.63) is 23.8 Å². The van der Waals surface area contributed by atoms with Gasteiger partial charge >= 0.3 is 6.18 Å². The molecule has 116 valence electrons. The summed E-state index contributed by atoms with van der Waals surface area (Å²) < 4.78 is 36.8. The first-order valence-electron chi connectivity index (χ1n) is 6.69. The van der Waals surface area contributed by atoms with E-state index in [-0.39, 0.29) is 17.5 Å². The van der Waals surface area contributed by atoms with E-state index >= 15 is 0 Å². The van der Waals surface area contributed by atoms with Crippen molar-refractivity contribution in [2.75, 3.05) is 26.2 Å². The average molecular weight is 302 g/mol. The monoisotopic (exact) mass is 302 g/mol. The molecule has 0 aliphatic carbocycles. The lowest BCUT2D eigenvalue weighted by Gasteiger charge is -2.17. The van der Waals surface area contributed by atoms with Crippen LogP contribution in [0.4, 0.5) is 13.2 Å². The van der Waals surface area contributed by atoms with Gasteiger partial charge in [-0.1, -0.05) is 0 Å². The van der Waals surface area contributed by atoms with Crippen molar-refractivity contribution in [1.29, 1.82) is 0 Å². The van der Waals surface area contributed by atoms with E-state index in [1.165, 1.54) is 17.3 Å². The van der Waals surface area contributed by atoms with Crippen molar-refractivity contribution in [1.82, 2.24) is 20.2 Å². The van der Waals surface area contributed by atoms with Gasteiger partial charge in [-0.3, -0.25) is 14.7 Å². The predicted molar refractivity (Wildman–Crippen MR) is 69.7 cm³/mol. The zero-order valence-electron chi connectivity index (χ0n) is 11.7. The predicted octanol–water partition coefficient (Wildman–Crippen LogP) is 1.40. The topological polar surface area (TPSA) is 58.1 Å². The summed E-state index contributed by atoms with van der Waals surface area (Å²) in [6.45, 7) is 1.98. The van der Waals surface area contributed by atoms with Gasteiger partial charge in [0.2, 0.25) is 0 Å². The van der Waals surface area contributed by atoms with E-state index in [1.54, 1.807) is 6.92 Å². The zero-order valence-corrected chi connectivity index (χ0v) is 11.7. The number of likely N-dealkylation sites (tertiary alicyclic amines) is 1. The van der Waals surface area contributed by atoms with Crippen LogP contribution in [0.15, 0.2) is 12.4 Å². The Bertz CT molecular complexity index is 489.